The first-order chi connectivity index (χ1) is 8.31. The van der Waals surface area contributed by atoms with Gasteiger partial charge in [0.25, 0.3) is 0 Å². The van der Waals surface area contributed by atoms with Gasteiger partial charge in [0.2, 0.25) is 0 Å². The summed E-state index contributed by atoms with van der Waals surface area (Å²) in [6.07, 6.45) is 6.54. The van der Waals surface area contributed by atoms with Gasteiger partial charge in [0.1, 0.15) is 0 Å². The summed E-state index contributed by atoms with van der Waals surface area (Å²) in [5, 5.41) is 0. The van der Waals surface area contributed by atoms with Gasteiger partial charge in [0, 0.05) is 17.6 Å². The number of H-pyrrole nitrogens is 1. The fourth-order valence-electron chi connectivity index (χ4n) is 2.14. The number of rotatable bonds is 5. The lowest BCUT2D eigenvalue weighted by Crippen LogP contribution is -1.95. The molecule has 2 heteroatoms. The highest BCUT2D eigenvalue weighted by molar-refractivity contribution is 7.97. The summed E-state index contributed by atoms with van der Waals surface area (Å²) >= 11 is 1.87. The van der Waals surface area contributed by atoms with E-state index in [1.54, 1.807) is 0 Å². The van der Waals surface area contributed by atoms with Crippen LogP contribution in [0, 0.1) is 6.92 Å². The van der Waals surface area contributed by atoms with E-state index in [0.717, 1.165) is 18.6 Å². The normalized spacial score (nSPS) is 10.7. The second-order valence-corrected chi connectivity index (χ2v) is 5.21. The molecule has 0 aliphatic rings. The van der Waals surface area contributed by atoms with Crippen molar-refractivity contribution >= 4 is 11.8 Å². The van der Waals surface area contributed by atoms with E-state index in [1.807, 2.05) is 11.8 Å². The van der Waals surface area contributed by atoms with Crippen LogP contribution in [0.3, 0.4) is 0 Å². The SMILES string of the molecule is CSCc1[nH]cc(C)c1CCc1ccccc1. The molecule has 17 heavy (non-hydrogen) atoms. The van der Waals surface area contributed by atoms with Crippen LogP contribution in [0.15, 0.2) is 36.5 Å². The zero-order chi connectivity index (χ0) is 12.1. The van der Waals surface area contributed by atoms with Crippen LogP contribution in [0.4, 0.5) is 0 Å². The van der Waals surface area contributed by atoms with E-state index in [4.69, 9.17) is 0 Å². The Bertz CT molecular complexity index is 459. The Morgan fingerprint density at radius 3 is 2.59 bits per heavy atom. The maximum atomic E-state index is 3.39. The summed E-state index contributed by atoms with van der Waals surface area (Å²) in [5.41, 5.74) is 5.71. The van der Waals surface area contributed by atoms with E-state index < -0.39 is 0 Å². The molecule has 0 amide bonds. The maximum Gasteiger partial charge on any atom is 0.0336 e. The van der Waals surface area contributed by atoms with Crippen LogP contribution in [-0.4, -0.2) is 11.2 Å². The van der Waals surface area contributed by atoms with Gasteiger partial charge in [-0.05, 0) is 42.7 Å². The van der Waals surface area contributed by atoms with E-state index >= 15 is 0 Å². The molecule has 0 saturated carbocycles. The molecule has 2 aromatic rings. The monoisotopic (exact) mass is 245 g/mol. The molecular formula is C15H19NS. The Labute approximate surface area is 108 Å². The molecule has 1 N–H and O–H groups in total. The number of benzene rings is 1. The van der Waals surface area contributed by atoms with Gasteiger partial charge in [-0.25, -0.2) is 0 Å². The van der Waals surface area contributed by atoms with Gasteiger partial charge in [-0.1, -0.05) is 30.3 Å². The molecule has 0 saturated heterocycles. The zero-order valence-corrected chi connectivity index (χ0v) is 11.3. The molecule has 0 bridgehead atoms. The fraction of sp³-hybridized carbons (Fsp3) is 0.333. The van der Waals surface area contributed by atoms with Crippen LogP contribution in [0.25, 0.3) is 0 Å². The lowest BCUT2D eigenvalue weighted by Gasteiger charge is -2.05. The predicted octanol–water partition coefficient (Wildman–Crippen LogP) is 3.97. The van der Waals surface area contributed by atoms with Crippen LogP contribution < -0.4 is 0 Å². The highest BCUT2D eigenvalue weighted by atomic mass is 32.2. The highest BCUT2D eigenvalue weighted by Crippen LogP contribution is 2.19. The first-order valence-electron chi connectivity index (χ1n) is 6.00. The summed E-state index contributed by atoms with van der Waals surface area (Å²) in [7, 11) is 0. The topological polar surface area (TPSA) is 15.8 Å². The summed E-state index contributed by atoms with van der Waals surface area (Å²) in [4.78, 5) is 3.39. The molecular weight excluding hydrogens is 226 g/mol. The van der Waals surface area contributed by atoms with Gasteiger partial charge in [-0.2, -0.15) is 11.8 Å². The van der Waals surface area contributed by atoms with Crippen LogP contribution in [-0.2, 0) is 18.6 Å². The number of hydrogen-bond acceptors (Lipinski definition) is 1. The molecule has 1 heterocycles. The first-order valence-corrected chi connectivity index (χ1v) is 7.39. The van der Waals surface area contributed by atoms with Crippen molar-refractivity contribution in [2.24, 2.45) is 0 Å². The molecule has 1 aromatic heterocycles. The number of hydrogen-bond donors (Lipinski definition) is 1. The standard InChI is InChI=1S/C15H19NS/c1-12-10-16-15(11-17-2)14(12)9-8-13-6-4-3-5-7-13/h3-7,10,16H,8-9,11H2,1-2H3. The molecule has 0 unspecified atom stereocenters. The minimum atomic E-state index is 1.08. The Kier molecular flexibility index (Phi) is 4.32. The maximum absolute atomic E-state index is 3.39. The lowest BCUT2D eigenvalue weighted by atomic mass is 10.0. The number of aryl methyl sites for hydroxylation is 2. The van der Waals surface area contributed by atoms with Crippen molar-refractivity contribution in [2.45, 2.75) is 25.5 Å². The third-order valence-electron chi connectivity index (χ3n) is 3.10. The van der Waals surface area contributed by atoms with Crippen LogP contribution in [0.2, 0.25) is 0 Å². The molecule has 0 aliphatic carbocycles. The van der Waals surface area contributed by atoms with Crippen LogP contribution in [0.1, 0.15) is 22.4 Å². The Morgan fingerprint density at radius 1 is 1.12 bits per heavy atom. The number of thioether (sulfide) groups is 1. The quantitative estimate of drug-likeness (QED) is 0.842. The lowest BCUT2D eigenvalue weighted by molar-refractivity contribution is 0.938. The van der Waals surface area contributed by atoms with E-state index in [9.17, 15) is 0 Å². The highest BCUT2D eigenvalue weighted by Gasteiger charge is 2.07. The molecule has 0 radical (unpaired) electrons. The van der Waals surface area contributed by atoms with Crippen molar-refractivity contribution < 1.29 is 0 Å². The molecule has 2 rings (SSSR count). The zero-order valence-electron chi connectivity index (χ0n) is 10.5. The van der Waals surface area contributed by atoms with E-state index in [-0.39, 0.29) is 0 Å². The number of nitrogens with one attached hydrogen (secondary N) is 1. The number of aromatic nitrogens is 1. The summed E-state index contributed by atoms with van der Waals surface area (Å²) in [6, 6.07) is 10.7. The van der Waals surface area contributed by atoms with Crippen LogP contribution >= 0.6 is 11.8 Å². The average molecular weight is 245 g/mol. The first kappa shape index (κ1) is 12.3. The van der Waals surface area contributed by atoms with E-state index in [0.29, 0.717) is 0 Å². The van der Waals surface area contributed by atoms with E-state index in [1.165, 1.54) is 22.4 Å². The molecule has 0 aliphatic heterocycles. The summed E-state index contributed by atoms with van der Waals surface area (Å²) in [6.45, 7) is 2.20. The van der Waals surface area contributed by atoms with Gasteiger partial charge in [-0.3, -0.25) is 0 Å². The number of aromatic amines is 1. The third kappa shape index (κ3) is 3.16. The summed E-state index contributed by atoms with van der Waals surface area (Å²) in [5.74, 6) is 1.08. The Hall–Kier alpha value is -1.15. The largest absolute Gasteiger partial charge is 0.364 e. The van der Waals surface area contributed by atoms with Gasteiger partial charge in [0.05, 0.1) is 0 Å². The molecule has 1 aromatic carbocycles. The van der Waals surface area contributed by atoms with Crippen molar-refractivity contribution in [3.05, 3.63) is 58.9 Å². The molecule has 0 spiro atoms. The minimum absolute atomic E-state index is 1.08. The van der Waals surface area contributed by atoms with Crippen LogP contribution in [0.5, 0.6) is 0 Å². The summed E-state index contributed by atoms with van der Waals surface area (Å²) < 4.78 is 0. The van der Waals surface area contributed by atoms with Crippen molar-refractivity contribution in [3.63, 3.8) is 0 Å². The molecule has 90 valence electrons. The smallest absolute Gasteiger partial charge is 0.0336 e. The second kappa shape index (κ2) is 5.97. The van der Waals surface area contributed by atoms with Gasteiger partial charge < -0.3 is 4.98 Å². The minimum Gasteiger partial charge on any atom is -0.364 e. The average Bonchev–Trinajstić information content (AvgIpc) is 2.70. The van der Waals surface area contributed by atoms with Crippen molar-refractivity contribution in [1.29, 1.82) is 0 Å². The second-order valence-electron chi connectivity index (χ2n) is 4.35. The van der Waals surface area contributed by atoms with Gasteiger partial charge in [0.15, 0.2) is 0 Å². The predicted molar refractivity (Wildman–Crippen MR) is 76.6 cm³/mol. The molecule has 0 atom stereocenters. The molecule has 1 nitrogen and oxygen atoms in total. The van der Waals surface area contributed by atoms with E-state index in [2.05, 4.69) is 54.7 Å². The van der Waals surface area contributed by atoms with Crippen molar-refractivity contribution in [3.8, 4) is 0 Å². The van der Waals surface area contributed by atoms with Gasteiger partial charge in [-0.15, -0.1) is 0 Å². The van der Waals surface area contributed by atoms with Gasteiger partial charge >= 0.3 is 0 Å². The Morgan fingerprint density at radius 2 is 1.88 bits per heavy atom. The Balaban J connectivity index is 2.06. The van der Waals surface area contributed by atoms with Crippen molar-refractivity contribution in [1.82, 2.24) is 4.98 Å². The fourth-order valence-corrected chi connectivity index (χ4v) is 2.69. The van der Waals surface area contributed by atoms with Crippen molar-refractivity contribution in [2.75, 3.05) is 6.26 Å². The third-order valence-corrected chi connectivity index (χ3v) is 3.68. The molecule has 0 fully saturated rings.